The molecule has 0 spiro atoms. The Bertz CT molecular complexity index is 317. The second kappa shape index (κ2) is 4.49. The fourth-order valence-electron chi connectivity index (χ4n) is 5.21. The van der Waals surface area contributed by atoms with E-state index in [2.05, 4.69) is 0 Å². The zero-order valence-electron chi connectivity index (χ0n) is 11.1. The van der Waals surface area contributed by atoms with Crippen LogP contribution >= 0.6 is 0 Å². The van der Waals surface area contributed by atoms with Crippen molar-refractivity contribution < 1.29 is 9.90 Å². The predicted octanol–water partition coefficient (Wildman–Crippen LogP) is 1.71. The second-order valence-electron chi connectivity index (χ2n) is 6.62. The third-order valence-electron chi connectivity index (χ3n) is 5.64. The Labute approximate surface area is 108 Å². The standard InChI is InChI=1S/C14H24N2O2/c1-2-16(15)13(14(17)18)12-10-4-8-3-9(6-10)7-11(12)5-8/h8-13H,2-7,15H2,1H3,(H,17,18). The molecular weight excluding hydrogens is 228 g/mol. The summed E-state index contributed by atoms with van der Waals surface area (Å²) in [5, 5.41) is 11.1. The summed E-state index contributed by atoms with van der Waals surface area (Å²) in [6.07, 6.45) is 6.40. The molecule has 4 saturated carbocycles. The number of carboxylic acid groups (broad SMARTS) is 1. The second-order valence-corrected chi connectivity index (χ2v) is 6.62. The Kier molecular flexibility index (Phi) is 3.10. The summed E-state index contributed by atoms with van der Waals surface area (Å²) >= 11 is 0. The van der Waals surface area contributed by atoms with E-state index in [-0.39, 0.29) is 0 Å². The molecule has 4 nitrogen and oxygen atoms in total. The quantitative estimate of drug-likeness (QED) is 0.590. The number of hydrazine groups is 1. The monoisotopic (exact) mass is 252 g/mol. The van der Waals surface area contributed by atoms with Crippen LogP contribution in [-0.2, 0) is 4.79 Å². The first kappa shape index (κ1) is 12.4. The van der Waals surface area contributed by atoms with Crippen molar-refractivity contribution in [3.63, 3.8) is 0 Å². The van der Waals surface area contributed by atoms with Gasteiger partial charge in [0, 0.05) is 6.54 Å². The van der Waals surface area contributed by atoms with Crippen molar-refractivity contribution in [1.82, 2.24) is 5.01 Å². The normalized spacial score (nSPS) is 43.4. The van der Waals surface area contributed by atoms with Crippen LogP contribution in [0.3, 0.4) is 0 Å². The molecule has 1 atom stereocenters. The van der Waals surface area contributed by atoms with Gasteiger partial charge in [-0.3, -0.25) is 10.6 Å². The summed E-state index contributed by atoms with van der Waals surface area (Å²) in [6, 6.07) is -0.468. The van der Waals surface area contributed by atoms with Crippen molar-refractivity contribution >= 4 is 5.97 Å². The van der Waals surface area contributed by atoms with Gasteiger partial charge < -0.3 is 5.11 Å². The van der Waals surface area contributed by atoms with Crippen molar-refractivity contribution in [1.29, 1.82) is 0 Å². The molecule has 18 heavy (non-hydrogen) atoms. The third kappa shape index (κ3) is 1.86. The highest BCUT2D eigenvalue weighted by Crippen LogP contribution is 2.57. The van der Waals surface area contributed by atoms with E-state index in [1.54, 1.807) is 5.01 Å². The summed E-state index contributed by atoms with van der Waals surface area (Å²) in [5.41, 5.74) is 0. The van der Waals surface area contributed by atoms with Crippen LogP contribution in [0.25, 0.3) is 0 Å². The fraction of sp³-hybridized carbons (Fsp3) is 0.929. The Morgan fingerprint density at radius 3 is 2.11 bits per heavy atom. The summed E-state index contributed by atoms with van der Waals surface area (Å²) in [4.78, 5) is 11.6. The topological polar surface area (TPSA) is 66.6 Å². The average Bonchev–Trinajstić information content (AvgIpc) is 2.31. The molecule has 0 aromatic rings. The van der Waals surface area contributed by atoms with Crippen LogP contribution < -0.4 is 5.84 Å². The average molecular weight is 252 g/mol. The summed E-state index contributed by atoms with van der Waals surface area (Å²) in [7, 11) is 0. The minimum atomic E-state index is -0.725. The van der Waals surface area contributed by atoms with Crippen LogP contribution in [0.4, 0.5) is 0 Å². The van der Waals surface area contributed by atoms with Crippen LogP contribution in [0, 0.1) is 29.6 Å². The SMILES string of the molecule is CCN(N)C(C(=O)O)C1C2CC3CC(C2)CC1C3. The van der Waals surface area contributed by atoms with Gasteiger partial charge in [-0.1, -0.05) is 6.92 Å². The first-order chi connectivity index (χ1) is 8.60. The van der Waals surface area contributed by atoms with Gasteiger partial charge in [0.1, 0.15) is 6.04 Å². The van der Waals surface area contributed by atoms with Crippen molar-refractivity contribution in [2.45, 2.75) is 45.1 Å². The summed E-state index contributed by atoms with van der Waals surface area (Å²) in [5.74, 6) is 8.50. The molecule has 4 fully saturated rings. The molecule has 4 bridgehead atoms. The first-order valence-corrected chi connectivity index (χ1v) is 7.34. The van der Waals surface area contributed by atoms with E-state index in [0.29, 0.717) is 24.3 Å². The maximum Gasteiger partial charge on any atom is 0.322 e. The van der Waals surface area contributed by atoms with Gasteiger partial charge in [0.05, 0.1) is 0 Å². The Morgan fingerprint density at radius 2 is 1.72 bits per heavy atom. The van der Waals surface area contributed by atoms with Crippen molar-refractivity contribution in [3.05, 3.63) is 0 Å². The lowest BCUT2D eigenvalue weighted by Crippen LogP contribution is -2.58. The number of nitrogens with zero attached hydrogens (tertiary/aromatic N) is 1. The molecule has 0 aromatic heterocycles. The van der Waals surface area contributed by atoms with E-state index >= 15 is 0 Å². The molecule has 0 saturated heterocycles. The summed E-state index contributed by atoms with van der Waals surface area (Å²) < 4.78 is 0. The van der Waals surface area contributed by atoms with E-state index in [0.717, 1.165) is 11.8 Å². The molecule has 4 heteroatoms. The van der Waals surface area contributed by atoms with E-state index in [4.69, 9.17) is 5.84 Å². The molecule has 4 aliphatic carbocycles. The van der Waals surface area contributed by atoms with E-state index in [1.807, 2.05) is 6.92 Å². The highest BCUT2D eigenvalue weighted by atomic mass is 16.4. The van der Waals surface area contributed by atoms with Crippen LogP contribution in [0.2, 0.25) is 0 Å². The van der Waals surface area contributed by atoms with Crippen molar-refractivity contribution in [2.75, 3.05) is 6.54 Å². The number of aliphatic carboxylic acids is 1. The maximum atomic E-state index is 11.6. The van der Waals surface area contributed by atoms with Gasteiger partial charge in [0.15, 0.2) is 0 Å². The zero-order chi connectivity index (χ0) is 12.9. The molecule has 1 unspecified atom stereocenters. The lowest BCUT2D eigenvalue weighted by molar-refractivity contribution is -0.154. The van der Waals surface area contributed by atoms with E-state index in [9.17, 15) is 9.90 Å². The molecular formula is C14H24N2O2. The van der Waals surface area contributed by atoms with Gasteiger partial charge in [0.25, 0.3) is 0 Å². The Balaban J connectivity index is 1.84. The van der Waals surface area contributed by atoms with Gasteiger partial charge in [0.2, 0.25) is 0 Å². The third-order valence-corrected chi connectivity index (χ3v) is 5.64. The van der Waals surface area contributed by atoms with Crippen molar-refractivity contribution in [2.24, 2.45) is 35.4 Å². The highest BCUT2D eigenvalue weighted by molar-refractivity contribution is 5.74. The van der Waals surface area contributed by atoms with E-state index < -0.39 is 12.0 Å². The molecule has 0 radical (unpaired) electrons. The molecule has 0 amide bonds. The van der Waals surface area contributed by atoms with Gasteiger partial charge in [-0.25, -0.2) is 5.01 Å². The zero-order valence-corrected chi connectivity index (χ0v) is 11.1. The lowest BCUT2D eigenvalue weighted by Gasteiger charge is -2.56. The number of rotatable bonds is 4. The van der Waals surface area contributed by atoms with Gasteiger partial charge in [-0.2, -0.15) is 0 Å². The van der Waals surface area contributed by atoms with Gasteiger partial charge in [-0.05, 0) is 61.7 Å². The highest BCUT2D eigenvalue weighted by Gasteiger charge is 2.52. The number of carbonyl (C=O) groups is 1. The largest absolute Gasteiger partial charge is 0.480 e. The number of nitrogens with two attached hydrogens (primary N) is 1. The van der Waals surface area contributed by atoms with Crippen LogP contribution in [0.15, 0.2) is 0 Å². The molecule has 0 aliphatic heterocycles. The molecule has 102 valence electrons. The Morgan fingerprint density at radius 1 is 1.22 bits per heavy atom. The number of hydrogen-bond donors (Lipinski definition) is 2. The van der Waals surface area contributed by atoms with Crippen LogP contribution in [0.5, 0.6) is 0 Å². The predicted molar refractivity (Wildman–Crippen MR) is 68.5 cm³/mol. The fourth-order valence-corrected chi connectivity index (χ4v) is 5.21. The molecule has 4 aliphatic rings. The maximum absolute atomic E-state index is 11.6. The van der Waals surface area contributed by atoms with Crippen LogP contribution in [0.1, 0.15) is 39.0 Å². The van der Waals surface area contributed by atoms with Gasteiger partial charge in [-0.15, -0.1) is 0 Å². The number of likely N-dealkylation sites (N-methyl/N-ethyl adjacent to an activating group) is 1. The molecule has 4 rings (SSSR count). The molecule has 0 heterocycles. The smallest absolute Gasteiger partial charge is 0.322 e. The number of carboxylic acids is 1. The van der Waals surface area contributed by atoms with E-state index in [1.165, 1.54) is 32.1 Å². The van der Waals surface area contributed by atoms with Crippen molar-refractivity contribution in [3.8, 4) is 0 Å². The first-order valence-electron chi connectivity index (χ1n) is 7.34. The van der Waals surface area contributed by atoms with Gasteiger partial charge >= 0.3 is 5.97 Å². The number of hydrogen-bond acceptors (Lipinski definition) is 3. The molecule has 0 aromatic carbocycles. The minimum Gasteiger partial charge on any atom is -0.480 e. The van der Waals surface area contributed by atoms with Crippen LogP contribution in [-0.4, -0.2) is 28.7 Å². The molecule has 3 N–H and O–H groups in total. The Hall–Kier alpha value is -0.610. The lowest BCUT2D eigenvalue weighted by atomic mass is 9.50. The summed E-state index contributed by atoms with van der Waals surface area (Å²) in [6.45, 7) is 2.55. The minimum absolute atomic E-state index is 0.292.